The van der Waals surface area contributed by atoms with Crippen molar-refractivity contribution in [3.8, 4) is 0 Å². The van der Waals surface area contributed by atoms with Gasteiger partial charge in [0.25, 0.3) is 0 Å². The molecule has 1 amide bonds. The number of nitrogens with zero attached hydrogens (tertiary/aromatic N) is 4. The van der Waals surface area contributed by atoms with E-state index in [1.165, 1.54) is 11.0 Å². The molecule has 0 aliphatic heterocycles. The molecule has 164 valence electrons. The smallest absolute Gasteiger partial charge is 0.347 e. The molecule has 2 aromatic rings. The number of guanidine groups is 1. The Bertz CT molecular complexity index is 852. The van der Waals surface area contributed by atoms with E-state index < -0.39 is 11.7 Å². The zero-order valence-electron chi connectivity index (χ0n) is 17.4. The number of amides is 1. The van der Waals surface area contributed by atoms with Crippen molar-refractivity contribution in [1.29, 1.82) is 0 Å². The Morgan fingerprint density at radius 2 is 2.03 bits per heavy atom. The minimum Gasteiger partial charge on any atom is -0.347 e. The minimum absolute atomic E-state index is 0.0321. The number of likely N-dealkylation sites (N-methyl/N-ethyl adjacent to an activating group) is 2. The summed E-state index contributed by atoms with van der Waals surface area (Å²) in [6.45, 7) is 2.70. The van der Waals surface area contributed by atoms with Crippen molar-refractivity contribution in [2.45, 2.75) is 25.6 Å². The van der Waals surface area contributed by atoms with Gasteiger partial charge in [-0.25, -0.2) is 9.98 Å². The summed E-state index contributed by atoms with van der Waals surface area (Å²) < 4.78 is 38.9. The third-order valence-electron chi connectivity index (χ3n) is 4.34. The van der Waals surface area contributed by atoms with Crippen LogP contribution < -0.4 is 5.32 Å². The SMILES string of the molecule is CC(CN(C)C(=NCc1cccc(C(F)(F)F)c1)NCC(=O)N(C)C)c1nccs1. The molecule has 10 heteroatoms. The molecule has 1 atom stereocenters. The highest BCUT2D eigenvalue weighted by atomic mass is 32.1. The molecule has 0 saturated heterocycles. The summed E-state index contributed by atoms with van der Waals surface area (Å²) in [5.74, 6) is 0.425. The van der Waals surface area contributed by atoms with Crippen LogP contribution in [0, 0.1) is 0 Å². The molecule has 0 bridgehead atoms. The number of benzene rings is 1. The normalized spacial score (nSPS) is 13.1. The zero-order chi connectivity index (χ0) is 22.3. The molecule has 2 rings (SSSR count). The van der Waals surface area contributed by atoms with E-state index in [-0.39, 0.29) is 24.9 Å². The van der Waals surface area contributed by atoms with E-state index in [1.807, 2.05) is 24.3 Å². The third-order valence-corrected chi connectivity index (χ3v) is 5.35. The van der Waals surface area contributed by atoms with Crippen molar-refractivity contribution < 1.29 is 18.0 Å². The second-order valence-electron chi connectivity index (χ2n) is 7.13. The van der Waals surface area contributed by atoms with Gasteiger partial charge in [0.15, 0.2) is 5.96 Å². The number of aromatic nitrogens is 1. The maximum Gasteiger partial charge on any atom is 0.416 e. The fraction of sp³-hybridized carbons (Fsp3) is 0.450. The molecule has 30 heavy (non-hydrogen) atoms. The number of aliphatic imine (C=N–C) groups is 1. The molecule has 1 aromatic heterocycles. The van der Waals surface area contributed by atoms with Gasteiger partial charge in [-0.2, -0.15) is 13.2 Å². The number of halogens is 3. The van der Waals surface area contributed by atoms with Gasteiger partial charge in [0.05, 0.1) is 23.7 Å². The number of hydrogen-bond donors (Lipinski definition) is 1. The number of thiazole rings is 1. The van der Waals surface area contributed by atoms with Gasteiger partial charge in [-0.3, -0.25) is 4.79 Å². The number of hydrogen-bond acceptors (Lipinski definition) is 4. The molecule has 0 saturated carbocycles. The largest absolute Gasteiger partial charge is 0.416 e. The molecule has 0 aliphatic rings. The lowest BCUT2D eigenvalue weighted by Crippen LogP contribution is -2.44. The number of carbonyl (C=O) groups excluding carboxylic acids is 1. The Balaban J connectivity index is 2.16. The highest BCUT2D eigenvalue weighted by Gasteiger charge is 2.30. The van der Waals surface area contributed by atoms with E-state index in [0.29, 0.717) is 18.1 Å². The number of carbonyl (C=O) groups is 1. The number of rotatable bonds is 7. The van der Waals surface area contributed by atoms with Crippen LogP contribution in [0.4, 0.5) is 13.2 Å². The van der Waals surface area contributed by atoms with E-state index in [1.54, 1.807) is 37.7 Å². The van der Waals surface area contributed by atoms with Gasteiger partial charge in [-0.1, -0.05) is 19.1 Å². The van der Waals surface area contributed by atoms with Crippen LogP contribution in [0.1, 0.15) is 29.0 Å². The van der Waals surface area contributed by atoms with Crippen LogP contribution >= 0.6 is 11.3 Å². The van der Waals surface area contributed by atoms with Gasteiger partial charge in [-0.15, -0.1) is 11.3 Å². The van der Waals surface area contributed by atoms with E-state index in [2.05, 4.69) is 15.3 Å². The highest BCUT2D eigenvalue weighted by Crippen LogP contribution is 2.29. The molecule has 1 unspecified atom stereocenters. The Morgan fingerprint density at radius 3 is 2.63 bits per heavy atom. The first-order valence-corrected chi connectivity index (χ1v) is 10.2. The Labute approximate surface area is 178 Å². The van der Waals surface area contributed by atoms with Crippen molar-refractivity contribution in [2.24, 2.45) is 4.99 Å². The lowest BCUT2D eigenvalue weighted by molar-refractivity contribution is -0.137. The highest BCUT2D eigenvalue weighted by molar-refractivity contribution is 7.09. The van der Waals surface area contributed by atoms with Crippen LogP contribution in [0.5, 0.6) is 0 Å². The lowest BCUT2D eigenvalue weighted by Gasteiger charge is -2.25. The molecule has 0 radical (unpaired) electrons. The standard InChI is InChI=1S/C20H26F3N5OS/c1-14(18-24-8-9-30-18)13-28(4)19(26-12-17(29)27(2)3)25-11-15-6-5-7-16(10-15)20(21,22)23/h5-10,14H,11-13H2,1-4H3,(H,25,26). The third kappa shape index (κ3) is 7.01. The Hall–Kier alpha value is -2.62. The summed E-state index contributed by atoms with van der Waals surface area (Å²) in [4.78, 5) is 24.0. The van der Waals surface area contributed by atoms with Crippen molar-refractivity contribution >= 4 is 23.2 Å². The van der Waals surface area contributed by atoms with Crippen LogP contribution in [0.15, 0.2) is 40.8 Å². The van der Waals surface area contributed by atoms with Crippen LogP contribution in [-0.2, 0) is 17.5 Å². The van der Waals surface area contributed by atoms with Crippen molar-refractivity contribution in [3.05, 3.63) is 52.0 Å². The molecule has 6 nitrogen and oxygen atoms in total. The van der Waals surface area contributed by atoms with Gasteiger partial charge in [0.1, 0.15) is 0 Å². The summed E-state index contributed by atoms with van der Waals surface area (Å²) in [7, 11) is 5.12. The van der Waals surface area contributed by atoms with Gasteiger partial charge >= 0.3 is 6.18 Å². The summed E-state index contributed by atoms with van der Waals surface area (Å²) >= 11 is 1.56. The molecule has 0 aliphatic carbocycles. The fourth-order valence-corrected chi connectivity index (χ4v) is 3.38. The predicted molar refractivity (Wildman–Crippen MR) is 112 cm³/mol. The quantitative estimate of drug-likeness (QED) is 0.528. The first-order chi connectivity index (χ1) is 14.1. The summed E-state index contributed by atoms with van der Waals surface area (Å²) in [5.41, 5.74) is -0.275. The topological polar surface area (TPSA) is 60.8 Å². The lowest BCUT2D eigenvalue weighted by atomic mass is 10.1. The second kappa shape index (κ2) is 10.4. The fourth-order valence-electron chi connectivity index (χ4n) is 2.69. The van der Waals surface area contributed by atoms with E-state index in [4.69, 9.17) is 0 Å². The Kier molecular flexibility index (Phi) is 8.22. The average Bonchev–Trinajstić information content (AvgIpc) is 3.22. The van der Waals surface area contributed by atoms with E-state index in [9.17, 15) is 18.0 Å². The maximum absolute atomic E-state index is 13.0. The van der Waals surface area contributed by atoms with Crippen LogP contribution in [0.25, 0.3) is 0 Å². The maximum atomic E-state index is 13.0. The first kappa shape index (κ1) is 23.7. The monoisotopic (exact) mass is 441 g/mol. The summed E-state index contributed by atoms with van der Waals surface area (Å²) in [6.07, 6.45) is -2.66. The molecule has 0 fully saturated rings. The predicted octanol–water partition coefficient (Wildman–Crippen LogP) is 3.43. The van der Waals surface area contributed by atoms with Crippen LogP contribution in [0.3, 0.4) is 0 Å². The molecule has 1 N–H and O–H groups in total. The van der Waals surface area contributed by atoms with Crippen molar-refractivity contribution in [2.75, 3.05) is 34.2 Å². The van der Waals surface area contributed by atoms with E-state index in [0.717, 1.165) is 17.1 Å². The number of nitrogens with one attached hydrogen (secondary N) is 1. The summed E-state index contributed by atoms with van der Waals surface area (Å²) in [6, 6.07) is 5.08. The van der Waals surface area contributed by atoms with Crippen molar-refractivity contribution in [1.82, 2.24) is 20.1 Å². The molecular formula is C20H26F3N5OS. The first-order valence-electron chi connectivity index (χ1n) is 9.33. The summed E-state index contributed by atoms with van der Waals surface area (Å²) in [5, 5.41) is 5.89. The van der Waals surface area contributed by atoms with Crippen LogP contribution in [0.2, 0.25) is 0 Å². The van der Waals surface area contributed by atoms with Gasteiger partial charge < -0.3 is 15.1 Å². The molecule has 0 spiro atoms. The van der Waals surface area contributed by atoms with E-state index >= 15 is 0 Å². The molecule has 1 heterocycles. The van der Waals surface area contributed by atoms with Gasteiger partial charge in [0.2, 0.25) is 5.91 Å². The Morgan fingerprint density at radius 1 is 1.30 bits per heavy atom. The van der Waals surface area contributed by atoms with Gasteiger partial charge in [-0.05, 0) is 17.7 Å². The molecular weight excluding hydrogens is 415 g/mol. The number of alkyl halides is 3. The molecule has 1 aromatic carbocycles. The zero-order valence-corrected chi connectivity index (χ0v) is 18.2. The van der Waals surface area contributed by atoms with Gasteiger partial charge in [0, 0.05) is 45.2 Å². The average molecular weight is 442 g/mol. The minimum atomic E-state index is -4.40. The van der Waals surface area contributed by atoms with Crippen molar-refractivity contribution in [3.63, 3.8) is 0 Å². The van der Waals surface area contributed by atoms with Crippen LogP contribution in [-0.4, -0.2) is 60.9 Å². The second-order valence-corrected chi connectivity index (χ2v) is 8.06.